The standard InChI is InChI=1S/C35H43FO4Si/c1-27(25-33(36)34(37)19-13-14-24-39-26-29-20-22-30(38-6)23-21-29)28(2)40-41(35(3,4)5,31-15-9-7-10-16-31)32-17-11-8-12-18-32/h7-12,15-18,20-23,25,27-28,34,37H,14,24,26H2,1-6H3/b33-25+/t27-,28-,34?/m1/s1. The Bertz CT molecular complexity index is 1250. The summed E-state index contributed by atoms with van der Waals surface area (Å²) in [5.74, 6) is 5.26. The second-order valence-corrected chi connectivity index (χ2v) is 15.5. The first-order chi connectivity index (χ1) is 19.6. The zero-order valence-electron chi connectivity index (χ0n) is 25.1. The first kappa shape index (κ1) is 32.3. The number of halogens is 1. The summed E-state index contributed by atoms with van der Waals surface area (Å²) in [6.07, 6.45) is 0.0310. The molecule has 3 aromatic carbocycles. The summed E-state index contributed by atoms with van der Waals surface area (Å²) in [7, 11) is -1.15. The Morgan fingerprint density at radius 1 is 0.927 bits per heavy atom. The van der Waals surface area contributed by atoms with E-state index in [1.807, 2.05) is 74.5 Å². The van der Waals surface area contributed by atoms with Gasteiger partial charge in [-0.25, -0.2) is 4.39 Å². The van der Waals surface area contributed by atoms with Crippen LogP contribution in [0.3, 0.4) is 0 Å². The van der Waals surface area contributed by atoms with Gasteiger partial charge in [0.1, 0.15) is 11.6 Å². The molecule has 0 amide bonds. The first-order valence-electron chi connectivity index (χ1n) is 14.1. The van der Waals surface area contributed by atoms with Crippen LogP contribution in [0.2, 0.25) is 5.04 Å². The molecule has 0 saturated carbocycles. The molecule has 0 radical (unpaired) electrons. The minimum atomic E-state index is -2.78. The van der Waals surface area contributed by atoms with Crippen molar-refractivity contribution < 1.29 is 23.4 Å². The van der Waals surface area contributed by atoms with Crippen LogP contribution in [0.5, 0.6) is 5.75 Å². The number of aliphatic hydroxyl groups excluding tert-OH is 1. The quantitative estimate of drug-likeness (QED) is 0.154. The van der Waals surface area contributed by atoms with E-state index in [0.29, 0.717) is 19.6 Å². The lowest BCUT2D eigenvalue weighted by atomic mass is 10.0. The van der Waals surface area contributed by atoms with E-state index in [4.69, 9.17) is 13.9 Å². The number of aliphatic hydroxyl groups is 1. The molecule has 0 aliphatic carbocycles. The highest BCUT2D eigenvalue weighted by Gasteiger charge is 2.51. The second-order valence-electron chi connectivity index (χ2n) is 11.3. The molecule has 4 nitrogen and oxygen atoms in total. The summed E-state index contributed by atoms with van der Waals surface area (Å²) in [6, 6.07) is 28.4. The van der Waals surface area contributed by atoms with E-state index in [0.717, 1.165) is 11.3 Å². The molecule has 0 bridgehead atoms. The average Bonchev–Trinajstić information content (AvgIpc) is 2.97. The number of hydrogen-bond donors (Lipinski definition) is 1. The van der Waals surface area contributed by atoms with Crippen LogP contribution in [-0.2, 0) is 15.8 Å². The summed E-state index contributed by atoms with van der Waals surface area (Å²) in [5.41, 5.74) is 1.02. The van der Waals surface area contributed by atoms with Crippen molar-refractivity contribution in [1.82, 2.24) is 0 Å². The van der Waals surface area contributed by atoms with E-state index in [9.17, 15) is 5.11 Å². The molecule has 3 rings (SSSR count). The smallest absolute Gasteiger partial charge is 0.261 e. The molecule has 0 aromatic heterocycles. The van der Waals surface area contributed by atoms with Gasteiger partial charge in [0.25, 0.3) is 8.32 Å². The van der Waals surface area contributed by atoms with Crippen molar-refractivity contribution in [1.29, 1.82) is 0 Å². The van der Waals surface area contributed by atoms with Gasteiger partial charge in [0.05, 0.1) is 20.3 Å². The maximum absolute atomic E-state index is 15.0. The van der Waals surface area contributed by atoms with Crippen molar-refractivity contribution in [2.45, 2.75) is 64.9 Å². The molecule has 0 aliphatic heterocycles. The van der Waals surface area contributed by atoms with Crippen molar-refractivity contribution in [3.63, 3.8) is 0 Å². The third-order valence-electron chi connectivity index (χ3n) is 7.24. The van der Waals surface area contributed by atoms with Gasteiger partial charge in [-0.15, -0.1) is 0 Å². The number of ether oxygens (including phenoxy) is 2. The maximum atomic E-state index is 15.0. The summed E-state index contributed by atoms with van der Waals surface area (Å²) in [4.78, 5) is 0. The first-order valence-corrected chi connectivity index (χ1v) is 16.0. The van der Waals surface area contributed by atoms with E-state index < -0.39 is 20.2 Å². The topological polar surface area (TPSA) is 47.9 Å². The predicted octanol–water partition coefficient (Wildman–Crippen LogP) is 6.42. The van der Waals surface area contributed by atoms with Crippen LogP contribution in [0.4, 0.5) is 4.39 Å². The molecule has 3 aromatic rings. The summed E-state index contributed by atoms with van der Waals surface area (Å²) in [6.45, 7) is 11.4. The zero-order chi connectivity index (χ0) is 29.9. The summed E-state index contributed by atoms with van der Waals surface area (Å²) in [5, 5.41) is 12.5. The third-order valence-corrected chi connectivity index (χ3v) is 12.4. The lowest BCUT2D eigenvalue weighted by molar-refractivity contribution is 0.126. The fourth-order valence-electron chi connectivity index (χ4n) is 4.83. The number of rotatable bonds is 12. The van der Waals surface area contributed by atoms with E-state index >= 15 is 4.39 Å². The van der Waals surface area contributed by atoms with Crippen molar-refractivity contribution in [2.24, 2.45) is 5.92 Å². The highest BCUT2D eigenvalue weighted by Crippen LogP contribution is 2.38. The molecule has 0 aliphatic rings. The molecule has 0 fully saturated rings. The van der Waals surface area contributed by atoms with Crippen molar-refractivity contribution in [3.05, 3.63) is 102 Å². The summed E-state index contributed by atoms with van der Waals surface area (Å²) >= 11 is 0. The monoisotopic (exact) mass is 574 g/mol. The normalized spacial score (nSPS) is 14.5. The van der Waals surface area contributed by atoms with Crippen molar-refractivity contribution in [3.8, 4) is 17.6 Å². The fraction of sp³-hybridized carbons (Fsp3) is 0.371. The minimum Gasteiger partial charge on any atom is -0.497 e. The average molecular weight is 575 g/mol. The highest BCUT2D eigenvalue weighted by molar-refractivity contribution is 6.99. The fourth-order valence-corrected chi connectivity index (χ4v) is 9.62. The van der Waals surface area contributed by atoms with E-state index in [-0.39, 0.29) is 17.1 Å². The zero-order valence-corrected chi connectivity index (χ0v) is 26.1. The van der Waals surface area contributed by atoms with Crippen LogP contribution in [-0.4, -0.2) is 39.3 Å². The molecule has 1 N–H and O–H groups in total. The van der Waals surface area contributed by atoms with Gasteiger partial charge in [-0.1, -0.05) is 112 Å². The van der Waals surface area contributed by atoms with Gasteiger partial charge in [0.15, 0.2) is 6.10 Å². The Morgan fingerprint density at radius 3 is 2.00 bits per heavy atom. The minimum absolute atomic E-state index is 0.188. The molecule has 6 heteroatoms. The Morgan fingerprint density at radius 2 is 1.49 bits per heavy atom. The van der Waals surface area contributed by atoms with Gasteiger partial charge < -0.3 is 19.0 Å². The van der Waals surface area contributed by atoms with Crippen LogP contribution < -0.4 is 15.1 Å². The predicted molar refractivity (Wildman–Crippen MR) is 168 cm³/mol. The van der Waals surface area contributed by atoms with Crippen LogP contribution in [0, 0.1) is 17.8 Å². The van der Waals surface area contributed by atoms with Crippen LogP contribution in [0.25, 0.3) is 0 Å². The lowest BCUT2D eigenvalue weighted by Crippen LogP contribution is -2.67. The Hall–Kier alpha value is -3.21. The van der Waals surface area contributed by atoms with E-state index in [1.54, 1.807) is 7.11 Å². The maximum Gasteiger partial charge on any atom is 0.261 e. The number of benzene rings is 3. The van der Waals surface area contributed by atoms with Gasteiger partial charge in [0.2, 0.25) is 0 Å². The van der Waals surface area contributed by atoms with Crippen molar-refractivity contribution >= 4 is 18.7 Å². The SMILES string of the molecule is COc1ccc(COCCC#CC(O)/C(F)=C\[C@@H](C)[C@@H](C)O[Si](c2ccccc2)(c2ccccc2)C(C)(C)C)cc1. The Kier molecular flexibility index (Phi) is 11.9. The Labute approximate surface area is 246 Å². The molecular weight excluding hydrogens is 531 g/mol. The molecule has 3 atom stereocenters. The molecule has 0 spiro atoms. The largest absolute Gasteiger partial charge is 0.497 e. The van der Waals surface area contributed by atoms with E-state index in [1.165, 1.54) is 16.4 Å². The van der Waals surface area contributed by atoms with Crippen molar-refractivity contribution in [2.75, 3.05) is 13.7 Å². The second kappa shape index (κ2) is 15.1. The molecule has 0 heterocycles. The number of hydrogen-bond acceptors (Lipinski definition) is 4. The van der Waals surface area contributed by atoms with Gasteiger partial charge in [-0.05, 0) is 46.1 Å². The Balaban J connectivity index is 1.65. The van der Waals surface area contributed by atoms with Crippen LogP contribution >= 0.6 is 0 Å². The highest BCUT2D eigenvalue weighted by atomic mass is 28.4. The van der Waals surface area contributed by atoms with Gasteiger partial charge in [-0.2, -0.15) is 0 Å². The van der Waals surface area contributed by atoms with Gasteiger partial charge in [0, 0.05) is 18.4 Å². The lowest BCUT2D eigenvalue weighted by Gasteiger charge is -2.45. The third kappa shape index (κ3) is 8.64. The van der Waals surface area contributed by atoms with Crippen LogP contribution in [0.1, 0.15) is 46.6 Å². The van der Waals surface area contributed by atoms with E-state index in [2.05, 4.69) is 56.9 Å². The molecule has 218 valence electrons. The molecular formula is C35H43FO4Si. The van der Waals surface area contributed by atoms with Gasteiger partial charge in [-0.3, -0.25) is 0 Å². The summed E-state index contributed by atoms with van der Waals surface area (Å²) < 4.78 is 32.9. The molecule has 0 saturated heterocycles. The van der Waals surface area contributed by atoms with Gasteiger partial charge >= 0.3 is 0 Å². The molecule has 41 heavy (non-hydrogen) atoms. The van der Waals surface area contributed by atoms with Crippen LogP contribution in [0.15, 0.2) is 96.8 Å². The number of methoxy groups -OCH3 is 1. The molecule has 1 unspecified atom stereocenters.